The van der Waals surface area contributed by atoms with Crippen LogP contribution in [0.4, 0.5) is 4.39 Å². The molecule has 4 rings (SSSR count). The highest BCUT2D eigenvalue weighted by atomic mass is 19.1. The second kappa shape index (κ2) is 11.0. The molecule has 7 nitrogen and oxygen atoms in total. The number of nitrogens with zero attached hydrogens (tertiary/aromatic N) is 4. The van der Waals surface area contributed by atoms with Gasteiger partial charge < -0.3 is 19.6 Å². The van der Waals surface area contributed by atoms with E-state index in [9.17, 15) is 19.2 Å². The Bertz CT molecular complexity index is 1040. The van der Waals surface area contributed by atoms with E-state index in [4.69, 9.17) is 0 Å². The number of Topliss-reactive ketones (excluding diaryl/α,β-unsaturated/α-hetero) is 1. The first-order valence-electron chi connectivity index (χ1n) is 12.2. The fraction of sp³-hybridized carbons (Fsp3) is 0.500. The van der Waals surface area contributed by atoms with E-state index < -0.39 is 0 Å². The summed E-state index contributed by atoms with van der Waals surface area (Å²) < 4.78 is 15.1. The molecule has 2 aromatic rings. The molecule has 1 fully saturated rings. The highest BCUT2D eigenvalue weighted by Gasteiger charge is 2.28. The van der Waals surface area contributed by atoms with Crippen LogP contribution < -0.4 is 0 Å². The van der Waals surface area contributed by atoms with Gasteiger partial charge in [-0.2, -0.15) is 0 Å². The lowest BCUT2D eigenvalue weighted by atomic mass is 9.89. The van der Waals surface area contributed by atoms with E-state index in [0.29, 0.717) is 29.9 Å². The Labute approximate surface area is 199 Å². The molecule has 0 atom stereocenters. The molecule has 0 unspecified atom stereocenters. The number of unbranched alkanes of at least 4 members (excludes halogenated alkanes) is 2. The van der Waals surface area contributed by atoms with Crippen molar-refractivity contribution in [1.82, 2.24) is 14.4 Å². The van der Waals surface area contributed by atoms with Crippen LogP contribution in [0.1, 0.15) is 64.9 Å². The summed E-state index contributed by atoms with van der Waals surface area (Å²) >= 11 is 0. The predicted octanol–water partition coefficient (Wildman–Crippen LogP) is 4.05. The number of rotatable bonds is 8. The third-order valence-electron chi connectivity index (χ3n) is 7.09. The molecule has 8 heteroatoms. The normalized spacial score (nSPS) is 18.8. The van der Waals surface area contributed by atoms with E-state index in [1.54, 1.807) is 24.1 Å². The third-order valence-corrected chi connectivity index (χ3v) is 7.09. The number of oxime groups is 1. The van der Waals surface area contributed by atoms with E-state index in [1.807, 2.05) is 16.8 Å². The van der Waals surface area contributed by atoms with Crippen LogP contribution in [0.2, 0.25) is 0 Å². The topological polar surface area (TPSA) is 78.1 Å². The van der Waals surface area contributed by atoms with Gasteiger partial charge >= 0.3 is 0 Å². The fourth-order valence-corrected chi connectivity index (χ4v) is 4.99. The van der Waals surface area contributed by atoms with E-state index >= 15 is 0 Å². The summed E-state index contributed by atoms with van der Waals surface area (Å²) in [7, 11) is 1.78. The molecule has 1 saturated heterocycles. The molecule has 0 saturated carbocycles. The Morgan fingerprint density at radius 3 is 2.47 bits per heavy atom. The summed E-state index contributed by atoms with van der Waals surface area (Å²) in [6.45, 7) is 4.12. The molecule has 2 aliphatic heterocycles. The van der Waals surface area contributed by atoms with Crippen molar-refractivity contribution < 1.29 is 19.2 Å². The van der Waals surface area contributed by atoms with Crippen molar-refractivity contribution >= 4 is 17.4 Å². The van der Waals surface area contributed by atoms with Gasteiger partial charge in [-0.15, -0.1) is 0 Å². The number of carbonyl (C=O) groups excluding carboxylic acids is 2. The number of hydrogen-bond acceptors (Lipinski definition) is 5. The van der Waals surface area contributed by atoms with Crippen LogP contribution >= 0.6 is 0 Å². The minimum absolute atomic E-state index is 0.0220. The van der Waals surface area contributed by atoms with E-state index in [2.05, 4.69) is 10.1 Å². The number of halogens is 1. The smallest absolute Gasteiger partial charge is 0.270 e. The molecule has 3 heterocycles. The highest BCUT2D eigenvalue weighted by molar-refractivity contribution is 6.11. The summed E-state index contributed by atoms with van der Waals surface area (Å²) in [6.07, 6.45) is 7.22. The standard InChI is InChI=1S/C26H33FN4O3/c1-29-15-12-23(28-34)22-11-18-31(24(22)26(29)33)14-4-2-3-13-30-16-9-20(10-17-30)25(32)19-5-7-21(27)8-6-19/h5-8,11,18,20,34H,2-4,9-10,12-17H2,1H3/b28-23+. The summed E-state index contributed by atoms with van der Waals surface area (Å²) in [5.41, 5.74) is 2.51. The summed E-state index contributed by atoms with van der Waals surface area (Å²) in [5.74, 6) is -0.202. The van der Waals surface area contributed by atoms with Crippen molar-refractivity contribution in [3.63, 3.8) is 0 Å². The fourth-order valence-electron chi connectivity index (χ4n) is 4.99. The Morgan fingerprint density at radius 2 is 1.76 bits per heavy atom. The Morgan fingerprint density at radius 1 is 1.06 bits per heavy atom. The Balaban J connectivity index is 1.20. The molecule has 1 amide bonds. The summed E-state index contributed by atoms with van der Waals surface area (Å²) in [5, 5.41) is 12.8. The number of aromatic nitrogens is 1. The van der Waals surface area contributed by atoms with Gasteiger partial charge in [-0.05, 0) is 75.6 Å². The van der Waals surface area contributed by atoms with Gasteiger partial charge in [-0.3, -0.25) is 9.59 Å². The van der Waals surface area contributed by atoms with Crippen LogP contribution in [0.5, 0.6) is 0 Å². The highest BCUT2D eigenvalue weighted by Crippen LogP contribution is 2.23. The van der Waals surface area contributed by atoms with Crippen LogP contribution in [0.15, 0.2) is 41.7 Å². The first-order chi connectivity index (χ1) is 16.5. The van der Waals surface area contributed by atoms with Gasteiger partial charge in [0.05, 0.1) is 5.71 Å². The number of likely N-dealkylation sites (tertiary alicyclic amines) is 1. The SMILES string of the molecule is CN1CC/C(=N\O)c2ccn(CCCCCN3CCC(C(=O)c4ccc(F)cc4)CC3)c2C1=O. The maximum atomic E-state index is 13.1. The monoisotopic (exact) mass is 468 g/mol. The molecule has 0 radical (unpaired) electrons. The molecule has 0 aliphatic carbocycles. The number of amides is 1. The van der Waals surface area contributed by atoms with Crippen LogP contribution in [0.3, 0.4) is 0 Å². The van der Waals surface area contributed by atoms with Crippen LogP contribution in [-0.2, 0) is 6.54 Å². The molecule has 1 N–H and O–H groups in total. The van der Waals surface area contributed by atoms with Crippen molar-refractivity contribution in [3.05, 3.63) is 59.2 Å². The number of ketones is 1. The first kappa shape index (κ1) is 24.1. The zero-order valence-electron chi connectivity index (χ0n) is 19.8. The Kier molecular flexibility index (Phi) is 7.77. The average molecular weight is 469 g/mol. The van der Waals surface area contributed by atoms with Crippen molar-refractivity contribution in [1.29, 1.82) is 0 Å². The molecular weight excluding hydrogens is 435 g/mol. The van der Waals surface area contributed by atoms with Gasteiger partial charge in [0.1, 0.15) is 11.5 Å². The maximum Gasteiger partial charge on any atom is 0.270 e. The van der Waals surface area contributed by atoms with Crippen molar-refractivity contribution in [2.24, 2.45) is 11.1 Å². The minimum Gasteiger partial charge on any atom is -0.411 e. The van der Waals surface area contributed by atoms with Gasteiger partial charge in [0.2, 0.25) is 0 Å². The molecule has 0 bridgehead atoms. The number of fused-ring (bicyclic) bond motifs is 1. The van der Waals surface area contributed by atoms with Gasteiger partial charge in [0.25, 0.3) is 5.91 Å². The van der Waals surface area contributed by atoms with E-state index in [0.717, 1.165) is 63.8 Å². The number of aryl methyl sites for hydroxylation is 1. The number of hydrogen-bond donors (Lipinski definition) is 1. The van der Waals surface area contributed by atoms with Gasteiger partial charge in [-0.1, -0.05) is 11.6 Å². The average Bonchev–Trinajstić information content (AvgIpc) is 3.22. The van der Waals surface area contributed by atoms with Crippen molar-refractivity contribution in [2.75, 3.05) is 33.2 Å². The zero-order valence-corrected chi connectivity index (χ0v) is 19.8. The lowest BCUT2D eigenvalue weighted by Gasteiger charge is -2.31. The molecular formula is C26H33FN4O3. The zero-order chi connectivity index (χ0) is 24.1. The summed E-state index contributed by atoms with van der Waals surface area (Å²) in [4.78, 5) is 29.5. The lowest BCUT2D eigenvalue weighted by molar-refractivity contribution is 0.0790. The maximum absolute atomic E-state index is 13.1. The molecule has 1 aromatic heterocycles. The van der Waals surface area contributed by atoms with Crippen LogP contribution in [-0.4, -0.2) is 70.2 Å². The van der Waals surface area contributed by atoms with Crippen molar-refractivity contribution in [3.8, 4) is 0 Å². The Hall–Kier alpha value is -3.00. The van der Waals surface area contributed by atoms with Crippen LogP contribution in [0, 0.1) is 11.7 Å². The largest absolute Gasteiger partial charge is 0.411 e. The van der Waals surface area contributed by atoms with Crippen molar-refractivity contribution in [2.45, 2.75) is 45.1 Å². The number of carbonyl (C=O) groups is 2. The molecule has 0 spiro atoms. The molecule has 2 aliphatic rings. The molecule has 182 valence electrons. The second-order valence-corrected chi connectivity index (χ2v) is 9.34. The number of benzene rings is 1. The van der Waals surface area contributed by atoms with Gasteiger partial charge in [0.15, 0.2) is 5.78 Å². The molecule has 34 heavy (non-hydrogen) atoms. The third kappa shape index (κ3) is 5.38. The quantitative estimate of drug-likeness (QED) is 0.274. The van der Waals surface area contributed by atoms with E-state index in [1.165, 1.54) is 12.1 Å². The van der Waals surface area contributed by atoms with Gasteiger partial charge in [-0.25, -0.2) is 4.39 Å². The second-order valence-electron chi connectivity index (χ2n) is 9.34. The molecule has 1 aromatic carbocycles. The summed E-state index contributed by atoms with van der Waals surface area (Å²) in [6, 6.07) is 7.73. The predicted molar refractivity (Wildman–Crippen MR) is 128 cm³/mol. The van der Waals surface area contributed by atoms with Crippen LogP contribution in [0.25, 0.3) is 0 Å². The first-order valence-corrected chi connectivity index (χ1v) is 12.2. The van der Waals surface area contributed by atoms with E-state index in [-0.39, 0.29) is 23.4 Å². The number of piperidine rings is 1. The van der Waals surface area contributed by atoms with Gasteiger partial charge in [0, 0.05) is 49.8 Å². The minimum atomic E-state index is -0.318. The lowest BCUT2D eigenvalue weighted by Crippen LogP contribution is -2.36.